The Hall–Kier alpha value is -1.56. The molecular formula is C12H14N2O3S. The number of carbonyl (C=O) groups is 2. The van der Waals surface area contributed by atoms with Crippen molar-refractivity contribution in [2.75, 3.05) is 11.5 Å². The van der Waals surface area contributed by atoms with E-state index < -0.39 is 11.5 Å². The van der Waals surface area contributed by atoms with Gasteiger partial charge in [0.1, 0.15) is 5.54 Å². The molecule has 5 nitrogen and oxygen atoms in total. The Balaban J connectivity index is 2.15. The third-order valence-electron chi connectivity index (χ3n) is 2.96. The fraction of sp³-hybridized carbons (Fsp3) is 0.417. The number of amides is 1. The van der Waals surface area contributed by atoms with Crippen molar-refractivity contribution >= 4 is 23.6 Å². The van der Waals surface area contributed by atoms with E-state index in [0.717, 1.165) is 11.4 Å². The Morgan fingerprint density at radius 2 is 2.28 bits per heavy atom. The molecule has 18 heavy (non-hydrogen) atoms. The quantitative estimate of drug-likeness (QED) is 0.856. The number of thioether (sulfide) groups is 1. The molecule has 0 aromatic carbocycles. The lowest BCUT2D eigenvalue weighted by Gasteiger charge is -2.24. The Labute approximate surface area is 109 Å². The topological polar surface area (TPSA) is 79.3 Å². The summed E-state index contributed by atoms with van der Waals surface area (Å²) in [5.41, 5.74) is 0.0705. The molecule has 0 aliphatic carbocycles. The molecule has 6 heteroatoms. The van der Waals surface area contributed by atoms with Gasteiger partial charge in [0.15, 0.2) is 0 Å². The van der Waals surface area contributed by atoms with E-state index in [1.807, 2.05) is 6.92 Å². The summed E-state index contributed by atoms with van der Waals surface area (Å²) >= 11 is 1.54. The number of nitrogens with zero attached hydrogens (tertiary/aromatic N) is 1. The highest BCUT2D eigenvalue weighted by Gasteiger charge is 2.43. The number of carboxylic acid groups (broad SMARTS) is 1. The molecule has 1 saturated heterocycles. The van der Waals surface area contributed by atoms with E-state index >= 15 is 0 Å². The molecule has 0 bridgehead atoms. The largest absolute Gasteiger partial charge is 0.479 e. The molecule has 96 valence electrons. The minimum atomic E-state index is -1.13. The van der Waals surface area contributed by atoms with Crippen molar-refractivity contribution in [2.45, 2.75) is 18.9 Å². The number of aryl methyl sites for hydroxylation is 1. The predicted octanol–water partition coefficient (Wildman–Crippen LogP) is 1.08. The first-order valence-electron chi connectivity index (χ1n) is 5.60. The monoisotopic (exact) mass is 266 g/mol. The highest BCUT2D eigenvalue weighted by atomic mass is 32.2. The van der Waals surface area contributed by atoms with Crippen molar-refractivity contribution in [3.8, 4) is 0 Å². The molecule has 2 N–H and O–H groups in total. The molecule has 1 fully saturated rings. The summed E-state index contributed by atoms with van der Waals surface area (Å²) in [6, 6.07) is 3.38. The minimum absolute atomic E-state index is 0.382. The van der Waals surface area contributed by atoms with Crippen LogP contribution in [0.4, 0.5) is 0 Å². The van der Waals surface area contributed by atoms with Gasteiger partial charge in [-0.05, 0) is 31.2 Å². The third kappa shape index (κ3) is 2.48. The van der Waals surface area contributed by atoms with Crippen molar-refractivity contribution in [2.24, 2.45) is 0 Å². The fourth-order valence-electron chi connectivity index (χ4n) is 1.78. The minimum Gasteiger partial charge on any atom is -0.479 e. The fourth-order valence-corrected chi connectivity index (χ4v) is 3.10. The first-order chi connectivity index (χ1) is 8.53. The average Bonchev–Trinajstić information content (AvgIpc) is 2.79. The van der Waals surface area contributed by atoms with Crippen LogP contribution in [0, 0.1) is 6.92 Å². The molecule has 0 spiro atoms. The molecule has 2 rings (SSSR count). The summed E-state index contributed by atoms with van der Waals surface area (Å²) in [5.74, 6) is -0.195. The van der Waals surface area contributed by atoms with Crippen LogP contribution in [0.2, 0.25) is 0 Å². The van der Waals surface area contributed by atoms with Gasteiger partial charge in [0, 0.05) is 17.6 Å². The zero-order valence-electron chi connectivity index (χ0n) is 9.97. The van der Waals surface area contributed by atoms with Gasteiger partial charge >= 0.3 is 5.97 Å². The lowest BCUT2D eigenvalue weighted by Crippen LogP contribution is -2.54. The molecule has 0 unspecified atom stereocenters. The van der Waals surface area contributed by atoms with Gasteiger partial charge in [-0.2, -0.15) is 11.8 Å². The number of carbonyl (C=O) groups excluding carboxylic acids is 1. The number of nitrogens with one attached hydrogen (secondary N) is 1. The molecule has 2 heterocycles. The Morgan fingerprint density at radius 1 is 1.50 bits per heavy atom. The Bertz CT molecular complexity index is 467. The molecular weight excluding hydrogens is 252 g/mol. The molecule has 1 aliphatic heterocycles. The summed E-state index contributed by atoms with van der Waals surface area (Å²) in [4.78, 5) is 27.3. The normalized spacial score (nSPS) is 22.7. The van der Waals surface area contributed by atoms with Crippen molar-refractivity contribution in [3.63, 3.8) is 0 Å². The van der Waals surface area contributed by atoms with Crippen molar-refractivity contribution in [3.05, 3.63) is 29.6 Å². The maximum atomic E-state index is 12.0. The standard InChI is InChI=1S/C12H14N2O3S/c1-8-2-3-9(6-13-8)10(15)14-12(11(16)17)4-5-18-7-12/h2-3,6H,4-5,7H2,1H3,(H,14,15)(H,16,17)/t12-/m1/s1. The number of aliphatic carboxylic acids is 1. The highest BCUT2D eigenvalue weighted by molar-refractivity contribution is 7.99. The number of aromatic nitrogens is 1. The molecule has 0 saturated carbocycles. The van der Waals surface area contributed by atoms with Crippen LogP contribution in [0.3, 0.4) is 0 Å². The lowest BCUT2D eigenvalue weighted by atomic mass is 9.98. The van der Waals surface area contributed by atoms with Crippen LogP contribution in [0.15, 0.2) is 18.3 Å². The van der Waals surface area contributed by atoms with Crippen LogP contribution in [-0.2, 0) is 4.79 Å². The van der Waals surface area contributed by atoms with Crippen LogP contribution in [-0.4, -0.2) is 39.0 Å². The zero-order valence-corrected chi connectivity index (χ0v) is 10.8. The van der Waals surface area contributed by atoms with Crippen molar-refractivity contribution in [1.82, 2.24) is 10.3 Å². The van der Waals surface area contributed by atoms with Crippen LogP contribution < -0.4 is 5.32 Å². The maximum Gasteiger partial charge on any atom is 0.330 e. The van der Waals surface area contributed by atoms with Crippen LogP contribution in [0.1, 0.15) is 22.5 Å². The van der Waals surface area contributed by atoms with Gasteiger partial charge in [0.05, 0.1) is 5.56 Å². The van der Waals surface area contributed by atoms with Gasteiger partial charge in [0.25, 0.3) is 5.91 Å². The Kier molecular flexibility index (Phi) is 3.56. The highest BCUT2D eigenvalue weighted by Crippen LogP contribution is 2.28. The second kappa shape index (κ2) is 4.97. The number of pyridine rings is 1. The predicted molar refractivity (Wildman–Crippen MR) is 68.7 cm³/mol. The number of rotatable bonds is 3. The van der Waals surface area contributed by atoms with E-state index in [0.29, 0.717) is 17.7 Å². The summed E-state index contributed by atoms with van der Waals surface area (Å²) in [5, 5.41) is 11.9. The third-order valence-corrected chi connectivity index (χ3v) is 4.15. The van der Waals surface area contributed by atoms with Gasteiger partial charge in [-0.3, -0.25) is 9.78 Å². The zero-order chi connectivity index (χ0) is 13.2. The Morgan fingerprint density at radius 3 is 2.78 bits per heavy atom. The van der Waals surface area contributed by atoms with Gasteiger partial charge in [0.2, 0.25) is 0 Å². The van der Waals surface area contributed by atoms with Crippen LogP contribution >= 0.6 is 11.8 Å². The molecule has 1 aromatic rings. The second-order valence-electron chi connectivity index (χ2n) is 4.33. The smallest absolute Gasteiger partial charge is 0.330 e. The van der Waals surface area contributed by atoms with Crippen molar-refractivity contribution < 1.29 is 14.7 Å². The number of carboxylic acids is 1. The van der Waals surface area contributed by atoms with Crippen molar-refractivity contribution in [1.29, 1.82) is 0 Å². The van der Waals surface area contributed by atoms with E-state index in [-0.39, 0.29) is 5.91 Å². The molecule has 1 aliphatic rings. The molecule has 1 amide bonds. The lowest BCUT2D eigenvalue weighted by molar-refractivity contribution is -0.143. The summed E-state index contributed by atoms with van der Waals surface area (Å²) in [7, 11) is 0. The first-order valence-corrected chi connectivity index (χ1v) is 6.75. The summed E-state index contributed by atoms with van der Waals surface area (Å²) < 4.78 is 0. The second-order valence-corrected chi connectivity index (χ2v) is 5.44. The van der Waals surface area contributed by atoms with E-state index in [4.69, 9.17) is 0 Å². The van der Waals surface area contributed by atoms with Gasteiger partial charge in [-0.25, -0.2) is 4.79 Å². The average molecular weight is 266 g/mol. The summed E-state index contributed by atoms with van der Waals surface area (Å²) in [6.45, 7) is 1.83. The van der Waals surface area contributed by atoms with Gasteiger partial charge in [-0.15, -0.1) is 0 Å². The van der Waals surface area contributed by atoms with Gasteiger partial charge < -0.3 is 10.4 Å². The first kappa shape index (κ1) is 12.9. The number of hydrogen-bond donors (Lipinski definition) is 2. The molecule has 0 radical (unpaired) electrons. The number of hydrogen-bond acceptors (Lipinski definition) is 4. The van der Waals surface area contributed by atoms with E-state index in [9.17, 15) is 14.7 Å². The van der Waals surface area contributed by atoms with E-state index in [2.05, 4.69) is 10.3 Å². The summed E-state index contributed by atoms with van der Waals surface area (Å²) in [6.07, 6.45) is 1.92. The van der Waals surface area contributed by atoms with E-state index in [1.165, 1.54) is 18.0 Å². The molecule has 1 aromatic heterocycles. The van der Waals surface area contributed by atoms with Crippen LogP contribution in [0.5, 0.6) is 0 Å². The van der Waals surface area contributed by atoms with Gasteiger partial charge in [-0.1, -0.05) is 0 Å². The molecule has 1 atom stereocenters. The SMILES string of the molecule is Cc1ccc(C(=O)N[C@]2(C(=O)O)CCSC2)cn1. The van der Waals surface area contributed by atoms with Crippen LogP contribution in [0.25, 0.3) is 0 Å². The maximum absolute atomic E-state index is 12.0. The van der Waals surface area contributed by atoms with E-state index in [1.54, 1.807) is 12.1 Å².